The van der Waals surface area contributed by atoms with Crippen LogP contribution in [0.4, 0.5) is 0 Å². The smallest absolute Gasteiger partial charge is 0.0524 e. The normalized spacial score (nSPS) is 15.4. The Balaban J connectivity index is 2.36. The van der Waals surface area contributed by atoms with Crippen LogP contribution in [-0.4, -0.2) is 17.8 Å². The molecular formula is C11H19NOS. The van der Waals surface area contributed by atoms with E-state index in [1.165, 1.54) is 10.4 Å². The van der Waals surface area contributed by atoms with E-state index in [1.807, 2.05) is 6.92 Å². The summed E-state index contributed by atoms with van der Waals surface area (Å²) in [5, 5.41) is 14.6. The molecule has 0 bridgehead atoms. The summed E-state index contributed by atoms with van der Waals surface area (Å²) in [7, 11) is 0. The van der Waals surface area contributed by atoms with Gasteiger partial charge in [0.05, 0.1) is 6.10 Å². The van der Waals surface area contributed by atoms with Gasteiger partial charge in [0.25, 0.3) is 0 Å². The van der Waals surface area contributed by atoms with Gasteiger partial charge in [0.1, 0.15) is 0 Å². The van der Waals surface area contributed by atoms with E-state index in [2.05, 4.69) is 30.6 Å². The molecule has 2 atom stereocenters. The molecule has 0 aromatic carbocycles. The lowest BCUT2D eigenvalue weighted by molar-refractivity contribution is 0.182. The Hall–Kier alpha value is -0.380. The van der Waals surface area contributed by atoms with Crippen LogP contribution in [0.15, 0.2) is 11.4 Å². The van der Waals surface area contributed by atoms with Gasteiger partial charge in [-0.15, -0.1) is 11.3 Å². The first-order valence-corrected chi connectivity index (χ1v) is 5.94. The maximum atomic E-state index is 9.11. The number of aryl methyl sites for hydroxylation is 1. The van der Waals surface area contributed by atoms with Crippen molar-refractivity contribution in [1.29, 1.82) is 0 Å². The first kappa shape index (κ1) is 11.7. The van der Waals surface area contributed by atoms with E-state index >= 15 is 0 Å². The van der Waals surface area contributed by atoms with Crippen molar-refractivity contribution in [3.8, 4) is 0 Å². The summed E-state index contributed by atoms with van der Waals surface area (Å²) in [6.45, 7) is 7.00. The molecule has 0 radical (unpaired) electrons. The molecule has 0 fully saturated rings. The third-order valence-corrected chi connectivity index (χ3v) is 3.51. The van der Waals surface area contributed by atoms with Crippen LogP contribution >= 0.6 is 11.3 Å². The molecule has 80 valence electrons. The van der Waals surface area contributed by atoms with Crippen molar-refractivity contribution in [3.63, 3.8) is 0 Å². The monoisotopic (exact) mass is 213 g/mol. The highest BCUT2D eigenvalue weighted by Gasteiger charge is 2.08. The van der Waals surface area contributed by atoms with Gasteiger partial charge in [-0.25, -0.2) is 0 Å². The first-order valence-electron chi connectivity index (χ1n) is 5.06. The van der Waals surface area contributed by atoms with Crippen LogP contribution in [0.2, 0.25) is 0 Å². The standard InChI is InChI=1S/C11H19NOS/c1-8-5-7-14-11(8)10(3)12-6-4-9(2)13/h5,7,9-10,12-13H,4,6H2,1-3H3/t9-,10+/m1/s1. The minimum Gasteiger partial charge on any atom is -0.393 e. The van der Waals surface area contributed by atoms with Crippen LogP contribution in [0.25, 0.3) is 0 Å². The molecule has 0 saturated carbocycles. The van der Waals surface area contributed by atoms with Crippen molar-refractivity contribution < 1.29 is 5.11 Å². The number of thiophene rings is 1. The Morgan fingerprint density at radius 1 is 1.50 bits per heavy atom. The lowest BCUT2D eigenvalue weighted by Crippen LogP contribution is -2.22. The van der Waals surface area contributed by atoms with E-state index < -0.39 is 0 Å². The second-order valence-electron chi connectivity index (χ2n) is 3.78. The van der Waals surface area contributed by atoms with Gasteiger partial charge in [-0.1, -0.05) is 0 Å². The van der Waals surface area contributed by atoms with E-state index in [-0.39, 0.29) is 6.10 Å². The summed E-state index contributed by atoms with van der Waals surface area (Å²) in [5.74, 6) is 0. The van der Waals surface area contributed by atoms with Crippen LogP contribution in [-0.2, 0) is 0 Å². The zero-order chi connectivity index (χ0) is 10.6. The van der Waals surface area contributed by atoms with Crippen LogP contribution in [0.5, 0.6) is 0 Å². The summed E-state index contributed by atoms with van der Waals surface area (Å²) in [6, 6.07) is 2.54. The van der Waals surface area contributed by atoms with Gasteiger partial charge in [-0.2, -0.15) is 0 Å². The van der Waals surface area contributed by atoms with Gasteiger partial charge in [0, 0.05) is 10.9 Å². The van der Waals surface area contributed by atoms with Gasteiger partial charge >= 0.3 is 0 Å². The zero-order valence-electron chi connectivity index (χ0n) is 9.08. The second kappa shape index (κ2) is 5.49. The fourth-order valence-electron chi connectivity index (χ4n) is 1.43. The van der Waals surface area contributed by atoms with Crippen molar-refractivity contribution in [3.05, 3.63) is 21.9 Å². The quantitative estimate of drug-likeness (QED) is 0.787. The minimum atomic E-state index is -0.209. The SMILES string of the molecule is Cc1ccsc1[C@H](C)NCC[C@@H](C)O. The lowest BCUT2D eigenvalue weighted by atomic mass is 10.2. The fraction of sp³-hybridized carbons (Fsp3) is 0.636. The molecule has 2 nitrogen and oxygen atoms in total. The maximum Gasteiger partial charge on any atom is 0.0524 e. The van der Waals surface area contributed by atoms with Crippen LogP contribution in [0.3, 0.4) is 0 Å². The lowest BCUT2D eigenvalue weighted by Gasteiger charge is -2.14. The van der Waals surface area contributed by atoms with Crippen molar-refractivity contribution in [2.75, 3.05) is 6.54 Å². The van der Waals surface area contributed by atoms with E-state index in [4.69, 9.17) is 5.11 Å². The highest BCUT2D eigenvalue weighted by atomic mass is 32.1. The summed E-state index contributed by atoms with van der Waals surface area (Å²) < 4.78 is 0. The zero-order valence-corrected chi connectivity index (χ0v) is 9.90. The average molecular weight is 213 g/mol. The largest absolute Gasteiger partial charge is 0.393 e. The molecule has 0 saturated heterocycles. The highest BCUT2D eigenvalue weighted by molar-refractivity contribution is 7.10. The number of hydrogen-bond donors (Lipinski definition) is 2. The molecule has 3 heteroatoms. The fourth-order valence-corrected chi connectivity index (χ4v) is 2.39. The van der Waals surface area contributed by atoms with Crippen molar-refractivity contribution >= 4 is 11.3 Å². The third-order valence-electron chi connectivity index (χ3n) is 2.31. The van der Waals surface area contributed by atoms with Gasteiger partial charge in [0.2, 0.25) is 0 Å². The minimum absolute atomic E-state index is 0.209. The summed E-state index contributed by atoms with van der Waals surface area (Å²) in [4.78, 5) is 1.40. The van der Waals surface area contributed by atoms with E-state index in [0.29, 0.717) is 6.04 Å². The van der Waals surface area contributed by atoms with Crippen molar-refractivity contribution in [2.24, 2.45) is 0 Å². The Kier molecular flexibility index (Phi) is 4.58. The van der Waals surface area contributed by atoms with E-state index in [9.17, 15) is 0 Å². The number of aliphatic hydroxyl groups excluding tert-OH is 1. The molecule has 0 amide bonds. The van der Waals surface area contributed by atoms with Crippen LogP contribution in [0.1, 0.15) is 36.8 Å². The van der Waals surface area contributed by atoms with Gasteiger partial charge < -0.3 is 10.4 Å². The molecule has 0 aliphatic rings. The highest BCUT2D eigenvalue weighted by Crippen LogP contribution is 2.23. The van der Waals surface area contributed by atoms with E-state index in [0.717, 1.165) is 13.0 Å². The molecule has 0 spiro atoms. The molecule has 0 aliphatic carbocycles. The Morgan fingerprint density at radius 3 is 2.71 bits per heavy atom. The van der Waals surface area contributed by atoms with Crippen LogP contribution in [0, 0.1) is 6.92 Å². The number of aliphatic hydroxyl groups is 1. The first-order chi connectivity index (χ1) is 6.61. The molecule has 1 aromatic rings. The Labute approximate surface area is 90.0 Å². The summed E-state index contributed by atoms with van der Waals surface area (Å²) in [5.41, 5.74) is 1.35. The van der Waals surface area contributed by atoms with Gasteiger partial charge in [-0.3, -0.25) is 0 Å². The maximum absolute atomic E-state index is 9.11. The third kappa shape index (κ3) is 3.40. The predicted octanol–water partition coefficient (Wildman–Crippen LogP) is 2.48. The molecule has 1 aromatic heterocycles. The van der Waals surface area contributed by atoms with Crippen molar-refractivity contribution in [2.45, 2.75) is 39.3 Å². The number of hydrogen-bond acceptors (Lipinski definition) is 3. The molecular weight excluding hydrogens is 194 g/mol. The van der Waals surface area contributed by atoms with E-state index in [1.54, 1.807) is 11.3 Å². The molecule has 0 unspecified atom stereocenters. The molecule has 0 aliphatic heterocycles. The topological polar surface area (TPSA) is 32.3 Å². The molecule has 1 rings (SSSR count). The summed E-state index contributed by atoms with van der Waals surface area (Å²) >= 11 is 1.79. The predicted molar refractivity (Wildman–Crippen MR) is 61.8 cm³/mol. The Morgan fingerprint density at radius 2 is 2.21 bits per heavy atom. The van der Waals surface area contributed by atoms with Gasteiger partial charge in [-0.05, 0) is 50.7 Å². The molecule has 2 N–H and O–H groups in total. The second-order valence-corrected chi connectivity index (χ2v) is 4.73. The molecule has 14 heavy (non-hydrogen) atoms. The number of nitrogens with one attached hydrogen (secondary N) is 1. The van der Waals surface area contributed by atoms with Crippen molar-refractivity contribution in [1.82, 2.24) is 5.32 Å². The van der Waals surface area contributed by atoms with Gasteiger partial charge in [0.15, 0.2) is 0 Å². The average Bonchev–Trinajstić information content (AvgIpc) is 2.50. The Bertz CT molecular complexity index is 270. The summed E-state index contributed by atoms with van der Waals surface area (Å²) in [6.07, 6.45) is 0.605. The van der Waals surface area contributed by atoms with Crippen LogP contribution < -0.4 is 5.32 Å². The molecule has 1 heterocycles. The number of rotatable bonds is 5.